The van der Waals surface area contributed by atoms with Gasteiger partial charge in [0, 0.05) is 23.6 Å². The van der Waals surface area contributed by atoms with Gasteiger partial charge in [-0.05, 0) is 62.2 Å². The van der Waals surface area contributed by atoms with Crippen molar-refractivity contribution in [3.63, 3.8) is 0 Å². The van der Waals surface area contributed by atoms with Crippen LogP contribution in [0.1, 0.15) is 30.9 Å². The number of hydrogen-bond acceptors (Lipinski definition) is 4. The second-order valence-corrected chi connectivity index (χ2v) is 7.05. The topological polar surface area (TPSA) is 96.5 Å². The van der Waals surface area contributed by atoms with Gasteiger partial charge < -0.3 is 10.1 Å². The fourth-order valence-electron chi connectivity index (χ4n) is 2.38. The van der Waals surface area contributed by atoms with Crippen LogP contribution in [0.3, 0.4) is 0 Å². The molecule has 0 saturated carbocycles. The number of aryl methyl sites for hydroxylation is 2. The summed E-state index contributed by atoms with van der Waals surface area (Å²) in [4.78, 5) is 35.9. The van der Waals surface area contributed by atoms with Crippen molar-refractivity contribution in [3.8, 4) is 5.75 Å². The number of amides is 3. The standard InChI is InChI=1S/C21H24ClN3O4/c1-13-4-5-14(2)18(12-13)23-19(26)10-11-20(27)24-25-21(28)15(3)29-17-8-6-16(22)7-9-17/h4-9,12,15H,10-11H2,1-3H3,(H,23,26)(H,24,27)(H,25,28). The minimum Gasteiger partial charge on any atom is -0.481 e. The molecule has 154 valence electrons. The molecule has 0 aliphatic heterocycles. The number of nitrogens with one attached hydrogen (secondary N) is 3. The molecule has 0 aromatic heterocycles. The molecule has 0 aliphatic rings. The Balaban J connectivity index is 1.71. The molecule has 0 heterocycles. The summed E-state index contributed by atoms with van der Waals surface area (Å²) in [5, 5.41) is 3.34. The third-order valence-electron chi connectivity index (χ3n) is 4.07. The number of carbonyl (C=O) groups excluding carboxylic acids is 3. The molecule has 3 N–H and O–H groups in total. The molecule has 7 nitrogen and oxygen atoms in total. The Morgan fingerprint density at radius 1 is 0.966 bits per heavy atom. The van der Waals surface area contributed by atoms with Gasteiger partial charge in [-0.25, -0.2) is 0 Å². The molecule has 2 aromatic carbocycles. The van der Waals surface area contributed by atoms with E-state index in [2.05, 4.69) is 16.2 Å². The third-order valence-corrected chi connectivity index (χ3v) is 4.32. The van der Waals surface area contributed by atoms with Crippen LogP contribution in [0.25, 0.3) is 0 Å². The van der Waals surface area contributed by atoms with Gasteiger partial charge >= 0.3 is 0 Å². The molecule has 0 radical (unpaired) electrons. The minimum absolute atomic E-state index is 0.00802. The van der Waals surface area contributed by atoms with Crippen molar-refractivity contribution in [2.75, 3.05) is 5.32 Å². The number of rotatable bonds is 7. The number of anilines is 1. The Morgan fingerprint density at radius 3 is 2.31 bits per heavy atom. The van der Waals surface area contributed by atoms with E-state index in [1.54, 1.807) is 31.2 Å². The zero-order valence-corrected chi connectivity index (χ0v) is 17.3. The van der Waals surface area contributed by atoms with E-state index in [4.69, 9.17) is 16.3 Å². The van der Waals surface area contributed by atoms with E-state index in [-0.39, 0.29) is 18.7 Å². The highest BCUT2D eigenvalue weighted by atomic mass is 35.5. The summed E-state index contributed by atoms with van der Waals surface area (Å²) in [6.45, 7) is 5.38. The second-order valence-electron chi connectivity index (χ2n) is 6.62. The summed E-state index contributed by atoms with van der Waals surface area (Å²) in [7, 11) is 0. The molecule has 0 bridgehead atoms. The molecule has 3 amide bonds. The first kappa shape index (κ1) is 22.2. The quantitative estimate of drug-likeness (QED) is 0.602. The molecule has 1 unspecified atom stereocenters. The van der Waals surface area contributed by atoms with E-state index in [0.29, 0.717) is 10.8 Å². The fraction of sp³-hybridized carbons (Fsp3) is 0.286. The predicted molar refractivity (Wildman–Crippen MR) is 112 cm³/mol. The highest BCUT2D eigenvalue weighted by Gasteiger charge is 2.16. The largest absolute Gasteiger partial charge is 0.481 e. The van der Waals surface area contributed by atoms with E-state index >= 15 is 0 Å². The van der Waals surface area contributed by atoms with Gasteiger partial charge in [-0.3, -0.25) is 25.2 Å². The number of carbonyl (C=O) groups is 3. The maximum Gasteiger partial charge on any atom is 0.279 e. The Kier molecular flexibility index (Phi) is 8.03. The molecule has 2 aromatic rings. The SMILES string of the molecule is Cc1ccc(C)c(NC(=O)CCC(=O)NNC(=O)C(C)Oc2ccc(Cl)cc2)c1. The van der Waals surface area contributed by atoms with Gasteiger partial charge in [-0.15, -0.1) is 0 Å². The first-order chi connectivity index (χ1) is 13.7. The van der Waals surface area contributed by atoms with Crippen molar-refractivity contribution in [1.29, 1.82) is 0 Å². The molecule has 0 spiro atoms. The normalized spacial score (nSPS) is 11.3. The molecule has 0 aliphatic carbocycles. The van der Waals surface area contributed by atoms with Gasteiger partial charge in [-0.1, -0.05) is 23.7 Å². The summed E-state index contributed by atoms with van der Waals surface area (Å²) >= 11 is 5.80. The van der Waals surface area contributed by atoms with E-state index in [1.165, 1.54) is 0 Å². The lowest BCUT2D eigenvalue weighted by Gasteiger charge is -2.15. The number of hydrogen-bond donors (Lipinski definition) is 3. The maximum atomic E-state index is 12.0. The molecule has 0 fully saturated rings. The van der Waals surface area contributed by atoms with Crippen LogP contribution in [0.15, 0.2) is 42.5 Å². The first-order valence-corrected chi connectivity index (χ1v) is 9.50. The average molecular weight is 418 g/mol. The molecule has 1 atom stereocenters. The number of halogens is 1. The van der Waals surface area contributed by atoms with Crippen LogP contribution in [0.5, 0.6) is 5.75 Å². The minimum atomic E-state index is -0.830. The maximum absolute atomic E-state index is 12.0. The lowest BCUT2D eigenvalue weighted by atomic mass is 10.1. The van der Waals surface area contributed by atoms with Crippen LogP contribution < -0.4 is 20.9 Å². The second kappa shape index (κ2) is 10.5. The lowest BCUT2D eigenvalue weighted by molar-refractivity contribution is -0.133. The molecule has 8 heteroatoms. The number of hydrazine groups is 1. The van der Waals surface area contributed by atoms with Crippen molar-refractivity contribution < 1.29 is 19.1 Å². The number of benzene rings is 2. The summed E-state index contributed by atoms with van der Waals surface area (Å²) < 4.78 is 5.46. The van der Waals surface area contributed by atoms with Crippen molar-refractivity contribution in [1.82, 2.24) is 10.9 Å². The molecular formula is C21H24ClN3O4. The molecule has 2 rings (SSSR count). The van der Waals surface area contributed by atoms with E-state index in [0.717, 1.165) is 16.8 Å². The van der Waals surface area contributed by atoms with Gasteiger partial charge in [0.15, 0.2) is 6.10 Å². The summed E-state index contributed by atoms with van der Waals surface area (Å²) in [6.07, 6.45) is -0.904. The zero-order valence-electron chi connectivity index (χ0n) is 16.5. The van der Waals surface area contributed by atoms with E-state index in [9.17, 15) is 14.4 Å². The van der Waals surface area contributed by atoms with Crippen LogP contribution in [0.2, 0.25) is 5.02 Å². The van der Waals surface area contributed by atoms with Gasteiger partial charge in [0.1, 0.15) is 5.75 Å². The Bertz CT molecular complexity index is 884. The van der Waals surface area contributed by atoms with Crippen molar-refractivity contribution in [3.05, 3.63) is 58.6 Å². The van der Waals surface area contributed by atoms with Gasteiger partial charge in [0.25, 0.3) is 5.91 Å². The molecular weight excluding hydrogens is 394 g/mol. The van der Waals surface area contributed by atoms with Gasteiger partial charge in [0.05, 0.1) is 0 Å². The van der Waals surface area contributed by atoms with Crippen molar-refractivity contribution in [2.24, 2.45) is 0 Å². The Hall–Kier alpha value is -3.06. The van der Waals surface area contributed by atoms with Crippen molar-refractivity contribution in [2.45, 2.75) is 39.7 Å². The summed E-state index contributed by atoms with van der Waals surface area (Å²) in [5.41, 5.74) is 7.25. The van der Waals surface area contributed by atoms with E-state index < -0.39 is 17.9 Å². The van der Waals surface area contributed by atoms with Crippen LogP contribution in [-0.4, -0.2) is 23.8 Å². The van der Waals surface area contributed by atoms with Crippen LogP contribution in [0.4, 0.5) is 5.69 Å². The predicted octanol–water partition coefficient (Wildman–Crippen LogP) is 3.29. The average Bonchev–Trinajstić information content (AvgIpc) is 2.69. The smallest absolute Gasteiger partial charge is 0.279 e. The Morgan fingerprint density at radius 2 is 1.62 bits per heavy atom. The zero-order chi connectivity index (χ0) is 21.4. The van der Waals surface area contributed by atoms with Gasteiger partial charge in [0.2, 0.25) is 11.8 Å². The Labute approximate surface area is 174 Å². The van der Waals surface area contributed by atoms with Crippen LogP contribution >= 0.6 is 11.6 Å². The molecule has 0 saturated heterocycles. The third kappa shape index (κ3) is 7.46. The van der Waals surface area contributed by atoms with Crippen LogP contribution in [0, 0.1) is 13.8 Å². The molecule has 29 heavy (non-hydrogen) atoms. The fourth-order valence-corrected chi connectivity index (χ4v) is 2.50. The van der Waals surface area contributed by atoms with Crippen molar-refractivity contribution >= 4 is 35.0 Å². The highest BCUT2D eigenvalue weighted by Crippen LogP contribution is 2.17. The monoisotopic (exact) mass is 417 g/mol. The summed E-state index contributed by atoms with van der Waals surface area (Å²) in [5.74, 6) is -0.799. The van der Waals surface area contributed by atoms with Gasteiger partial charge in [-0.2, -0.15) is 0 Å². The highest BCUT2D eigenvalue weighted by molar-refractivity contribution is 6.30. The lowest BCUT2D eigenvalue weighted by Crippen LogP contribution is -2.47. The summed E-state index contributed by atoms with van der Waals surface area (Å²) in [6, 6.07) is 12.3. The number of ether oxygens (including phenoxy) is 1. The van der Waals surface area contributed by atoms with E-state index in [1.807, 2.05) is 32.0 Å². The first-order valence-electron chi connectivity index (χ1n) is 9.12. The van der Waals surface area contributed by atoms with Crippen LogP contribution in [-0.2, 0) is 14.4 Å².